The van der Waals surface area contributed by atoms with E-state index in [1.807, 2.05) is 13.0 Å². The molecular weight excluding hydrogens is 548 g/mol. The minimum Gasteiger partial charge on any atom is -0.510 e. The third-order valence-electron chi connectivity index (χ3n) is 9.50. The van der Waals surface area contributed by atoms with Crippen molar-refractivity contribution in [3.8, 4) is 16.9 Å². The highest BCUT2D eigenvalue weighted by Crippen LogP contribution is 2.53. The first-order chi connectivity index (χ1) is 20.3. The zero-order chi connectivity index (χ0) is 31.5. The highest BCUT2D eigenvalue weighted by molar-refractivity contribution is 6.25. The maximum absolute atomic E-state index is 14.1. The SMILES string of the molecule is C=CCC(C)c1ccc(CC)c(-c2ccc(O)c3c2CC2CC4C(N(C)C)C(O)=C(C(N)=O)C(=O)C4(O)C(O)=C2C3=O)c1. The van der Waals surface area contributed by atoms with Crippen molar-refractivity contribution in [2.75, 3.05) is 14.1 Å². The summed E-state index contributed by atoms with van der Waals surface area (Å²) in [6, 6.07) is 8.49. The number of aromatic hydroxyl groups is 1. The number of aryl methyl sites for hydroxylation is 1. The minimum atomic E-state index is -2.66. The molecule has 2 aromatic carbocycles. The number of aliphatic hydroxyl groups is 3. The Balaban J connectivity index is 1.72. The highest BCUT2D eigenvalue weighted by atomic mass is 16.3. The molecule has 9 nitrogen and oxygen atoms in total. The van der Waals surface area contributed by atoms with Crippen LogP contribution in [0.2, 0.25) is 0 Å². The van der Waals surface area contributed by atoms with Gasteiger partial charge in [0.05, 0.1) is 11.6 Å². The fourth-order valence-electron chi connectivity index (χ4n) is 7.35. The number of rotatable bonds is 7. The number of ketones is 2. The first-order valence-corrected chi connectivity index (χ1v) is 14.5. The van der Waals surface area contributed by atoms with Crippen molar-refractivity contribution >= 4 is 17.5 Å². The van der Waals surface area contributed by atoms with Crippen molar-refractivity contribution in [3.05, 3.63) is 87.9 Å². The van der Waals surface area contributed by atoms with E-state index >= 15 is 0 Å². The number of carbonyl (C=O) groups is 3. The van der Waals surface area contributed by atoms with Crippen LogP contribution in [0, 0.1) is 11.8 Å². The number of likely N-dealkylation sites (N-methyl/N-ethyl adjacent to an activating group) is 1. The molecule has 43 heavy (non-hydrogen) atoms. The Labute approximate surface area is 250 Å². The van der Waals surface area contributed by atoms with Crippen molar-refractivity contribution < 1.29 is 34.8 Å². The number of nitrogens with zero attached hydrogens (tertiary/aromatic N) is 1. The molecule has 3 aliphatic carbocycles. The lowest BCUT2D eigenvalue weighted by Gasteiger charge is -2.50. The lowest BCUT2D eigenvalue weighted by Crippen LogP contribution is -2.63. The van der Waals surface area contributed by atoms with Gasteiger partial charge >= 0.3 is 0 Å². The number of aliphatic hydroxyl groups excluding tert-OH is 2. The third kappa shape index (κ3) is 4.41. The fourth-order valence-corrected chi connectivity index (χ4v) is 7.35. The van der Waals surface area contributed by atoms with E-state index in [2.05, 4.69) is 31.7 Å². The smallest absolute Gasteiger partial charge is 0.255 e. The van der Waals surface area contributed by atoms with Crippen LogP contribution in [0.25, 0.3) is 11.1 Å². The standard InChI is InChI=1S/C34H38N2O7/c1-6-8-16(3)18-10-9-17(7-2)21(13-18)20-11-12-24(37)26-22(20)14-19-15-23-28(36(4)5)30(39)27(33(35)42)32(41)34(23,43)31(40)25(19)29(26)38/h6,9-13,16,19,23,28,37,39-40,43H,1,7-8,14-15H2,2-5H3,(H2,35,42). The van der Waals surface area contributed by atoms with Crippen LogP contribution >= 0.6 is 0 Å². The van der Waals surface area contributed by atoms with Crippen molar-refractivity contribution in [1.29, 1.82) is 0 Å². The fraction of sp³-hybridized carbons (Fsp3) is 0.382. The molecule has 5 atom stereocenters. The van der Waals surface area contributed by atoms with Crippen LogP contribution in [0.15, 0.2) is 65.7 Å². The Bertz CT molecular complexity index is 1640. The van der Waals surface area contributed by atoms with E-state index in [-0.39, 0.29) is 35.6 Å². The molecule has 0 spiro atoms. The predicted molar refractivity (Wildman–Crippen MR) is 162 cm³/mol. The average molecular weight is 587 g/mol. The zero-order valence-corrected chi connectivity index (χ0v) is 24.8. The lowest BCUT2D eigenvalue weighted by atomic mass is 9.58. The van der Waals surface area contributed by atoms with Gasteiger partial charge in [-0.05, 0) is 85.5 Å². The molecule has 3 aliphatic rings. The average Bonchev–Trinajstić information content (AvgIpc) is 2.94. The number of benzene rings is 2. The molecule has 0 saturated carbocycles. The van der Waals surface area contributed by atoms with Gasteiger partial charge in [-0.3, -0.25) is 19.3 Å². The van der Waals surface area contributed by atoms with Gasteiger partial charge in [-0.25, -0.2) is 0 Å². The van der Waals surface area contributed by atoms with Gasteiger partial charge < -0.3 is 26.2 Å². The number of Topliss-reactive ketones (excluding diaryl/α,β-unsaturated/α-hetero) is 2. The molecule has 0 aliphatic heterocycles. The van der Waals surface area contributed by atoms with E-state index in [0.717, 1.165) is 35.1 Å². The second kappa shape index (κ2) is 10.8. The summed E-state index contributed by atoms with van der Waals surface area (Å²) in [7, 11) is 3.21. The molecule has 0 radical (unpaired) electrons. The Kier molecular flexibility index (Phi) is 7.61. The number of phenolic OH excluding ortho intramolecular Hbond substituents is 1. The minimum absolute atomic E-state index is 0.00452. The molecule has 5 rings (SSSR count). The lowest BCUT2D eigenvalue weighted by molar-refractivity contribution is -0.148. The number of carbonyl (C=O) groups excluding carboxylic acids is 3. The molecule has 6 N–H and O–H groups in total. The van der Waals surface area contributed by atoms with Crippen LogP contribution in [-0.4, -0.2) is 68.5 Å². The maximum atomic E-state index is 14.1. The zero-order valence-electron chi connectivity index (χ0n) is 24.8. The van der Waals surface area contributed by atoms with Crippen molar-refractivity contribution in [1.82, 2.24) is 4.90 Å². The number of primary amides is 1. The molecule has 0 heterocycles. The van der Waals surface area contributed by atoms with Gasteiger partial charge in [0.1, 0.15) is 22.8 Å². The number of amides is 1. The quantitative estimate of drug-likeness (QED) is 0.240. The molecule has 0 fully saturated rings. The van der Waals surface area contributed by atoms with Gasteiger partial charge in [0, 0.05) is 11.5 Å². The van der Waals surface area contributed by atoms with Crippen LogP contribution in [-0.2, 0) is 22.4 Å². The maximum Gasteiger partial charge on any atom is 0.255 e. The van der Waals surface area contributed by atoms with Crippen LogP contribution in [0.1, 0.15) is 59.7 Å². The van der Waals surface area contributed by atoms with Crippen LogP contribution in [0.4, 0.5) is 0 Å². The molecule has 9 heteroatoms. The van der Waals surface area contributed by atoms with E-state index in [9.17, 15) is 34.8 Å². The van der Waals surface area contributed by atoms with Gasteiger partial charge in [-0.1, -0.05) is 44.2 Å². The second-order valence-corrected chi connectivity index (χ2v) is 12.1. The molecule has 5 unspecified atom stereocenters. The Hall–Kier alpha value is -4.21. The van der Waals surface area contributed by atoms with Crippen LogP contribution < -0.4 is 5.73 Å². The number of hydrogen-bond donors (Lipinski definition) is 5. The number of hydrogen-bond acceptors (Lipinski definition) is 8. The van der Waals surface area contributed by atoms with E-state index in [1.165, 1.54) is 11.0 Å². The Morgan fingerprint density at radius 1 is 1.16 bits per heavy atom. The normalized spacial score (nSPS) is 25.8. The second-order valence-electron chi connectivity index (χ2n) is 12.1. The topological polar surface area (TPSA) is 161 Å². The Morgan fingerprint density at radius 3 is 2.47 bits per heavy atom. The van der Waals surface area contributed by atoms with E-state index in [4.69, 9.17) is 5.73 Å². The highest BCUT2D eigenvalue weighted by Gasteiger charge is 2.63. The summed E-state index contributed by atoms with van der Waals surface area (Å²) in [5.41, 5.74) is 6.27. The largest absolute Gasteiger partial charge is 0.510 e. The van der Waals surface area contributed by atoms with Gasteiger partial charge in [-0.15, -0.1) is 6.58 Å². The number of allylic oxidation sites excluding steroid dienone is 2. The predicted octanol–water partition coefficient (Wildman–Crippen LogP) is 4.03. The van der Waals surface area contributed by atoms with Crippen molar-refractivity contribution in [3.63, 3.8) is 0 Å². The Morgan fingerprint density at radius 2 is 1.86 bits per heavy atom. The summed E-state index contributed by atoms with van der Waals surface area (Å²) in [5.74, 6) is -6.43. The van der Waals surface area contributed by atoms with Gasteiger partial charge in [0.25, 0.3) is 5.91 Å². The summed E-state index contributed by atoms with van der Waals surface area (Å²) in [6.45, 7) is 8.02. The summed E-state index contributed by atoms with van der Waals surface area (Å²) >= 11 is 0. The molecule has 0 bridgehead atoms. The van der Waals surface area contributed by atoms with Crippen LogP contribution in [0.5, 0.6) is 5.75 Å². The molecular formula is C34H38N2O7. The van der Waals surface area contributed by atoms with Crippen LogP contribution in [0.3, 0.4) is 0 Å². The van der Waals surface area contributed by atoms with Gasteiger partial charge in [0.2, 0.25) is 5.78 Å². The molecule has 2 aromatic rings. The summed E-state index contributed by atoms with van der Waals surface area (Å²) in [4.78, 5) is 41.4. The van der Waals surface area contributed by atoms with E-state index in [0.29, 0.717) is 5.56 Å². The van der Waals surface area contributed by atoms with Gasteiger partial charge in [-0.2, -0.15) is 0 Å². The summed E-state index contributed by atoms with van der Waals surface area (Å²) in [6.07, 6.45) is 3.67. The number of nitrogens with two attached hydrogens (primary N) is 1. The molecule has 226 valence electrons. The number of phenols is 1. The summed E-state index contributed by atoms with van der Waals surface area (Å²) in [5, 5.41) is 45.3. The summed E-state index contributed by atoms with van der Waals surface area (Å²) < 4.78 is 0. The molecule has 0 saturated heterocycles. The van der Waals surface area contributed by atoms with Crippen molar-refractivity contribution in [2.24, 2.45) is 17.6 Å². The molecule has 0 aromatic heterocycles. The van der Waals surface area contributed by atoms with Crippen molar-refractivity contribution in [2.45, 2.75) is 57.1 Å². The van der Waals surface area contributed by atoms with E-state index < -0.39 is 58.0 Å². The number of fused-ring (bicyclic) bond motifs is 3. The monoisotopic (exact) mass is 586 g/mol. The molecule has 1 amide bonds. The van der Waals surface area contributed by atoms with E-state index in [1.54, 1.807) is 20.2 Å². The first kappa shape index (κ1) is 30.3. The first-order valence-electron chi connectivity index (χ1n) is 14.5. The van der Waals surface area contributed by atoms with Gasteiger partial charge in [0.15, 0.2) is 11.4 Å². The third-order valence-corrected chi connectivity index (χ3v) is 9.50.